The van der Waals surface area contributed by atoms with Crippen LogP contribution >= 0.6 is 0 Å². The second-order valence-electron chi connectivity index (χ2n) is 5.47. The van der Waals surface area contributed by atoms with Crippen molar-refractivity contribution in [2.75, 3.05) is 6.54 Å². The molecule has 2 nitrogen and oxygen atoms in total. The van der Waals surface area contributed by atoms with Gasteiger partial charge in [0, 0.05) is 117 Å². The molecule has 1 aliphatic carbocycles. The van der Waals surface area contributed by atoms with Crippen LogP contribution in [0, 0.1) is 39.8 Å². The number of rotatable bonds is 4. The van der Waals surface area contributed by atoms with Gasteiger partial charge in [-0.05, 0) is 38.3 Å². The van der Waals surface area contributed by atoms with Crippen LogP contribution in [0.3, 0.4) is 0 Å². The number of nitrogens with one attached hydrogen (secondary N) is 1. The molecule has 0 unspecified atom stereocenters. The molecule has 3 radical (unpaired) electrons. The molecular weight excluding hydrogens is 631 g/mol. The summed E-state index contributed by atoms with van der Waals surface area (Å²) < 4.78 is 0. The summed E-state index contributed by atoms with van der Waals surface area (Å²) >= 11 is 0. The summed E-state index contributed by atoms with van der Waals surface area (Å²) in [6.45, 7) is 28.7. The smallest absolute Gasteiger partial charge is 0.0224 e. The van der Waals surface area contributed by atoms with Gasteiger partial charge in [-0.25, -0.2) is 0 Å². The Morgan fingerprint density at radius 2 is 1.24 bits per heavy atom. The molecule has 33 heavy (non-hydrogen) atoms. The molecule has 5 heteroatoms. The van der Waals surface area contributed by atoms with Crippen molar-refractivity contribution >= 4 is 6.21 Å². The predicted molar refractivity (Wildman–Crippen MR) is 135 cm³/mol. The van der Waals surface area contributed by atoms with Crippen molar-refractivity contribution in [3.63, 3.8) is 0 Å². The molecule has 2 aliphatic heterocycles. The Hall–Kier alpha value is 0.442. The molecule has 0 amide bonds. The molecule has 0 bridgehead atoms. The number of allylic oxidation sites excluding steroid dienone is 10. The topological polar surface area (TPSA) is 24.4 Å². The maximum absolute atomic E-state index is 4.90. The fraction of sp³-hybridized carbons (Fsp3) is 0.286. The van der Waals surface area contributed by atoms with Crippen LogP contribution in [0.2, 0.25) is 0 Å². The van der Waals surface area contributed by atoms with Crippen molar-refractivity contribution in [3.05, 3.63) is 119 Å². The Kier molecular flexibility index (Phi) is 76.0. The average molecular weight is 669 g/mol. The van der Waals surface area contributed by atoms with Gasteiger partial charge in [-0.15, -0.1) is 0 Å². The monoisotopic (exact) mass is 669 g/mol. The molecule has 0 spiro atoms. The first-order valence-corrected chi connectivity index (χ1v) is 10.1. The van der Waals surface area contributed by atoms with Crippen molar-refractivity contribution in [3.8, 4) is 0 Å². The van der Waals surface area contributed by atoms with Crippen molar-refractivity contribution in [2.24, 2.45) is 4.99 Å². The Labute approximate surface area is 281 Å². The van der Waals surface area contributed by atoms with E-state index in [1.54, 1.807) is 0 Å². The molecular formula is C28H38N2Y3-6. The Balaban J connectivity index is -0.0000000657. The van der Waals surface area contributed by atoms with Gasteiger partial charge in [-0.1, -0.05) is 42.9 Å². The average Bonchev–Trinajstić information content (AvgIpc) is 3.43. The summed E-state index contributed by atoms with van der Waals surface area (Å²) in [5, 5.41) is 3.04. The number of nitrogens with zero attached hydrogens (tertiary/aromatic N) is 1. The molecule has 0 atom stereocenters. The first-order chi connectivity index (χ1) is 14.7. The first-order valence-electron chi connectivity index (χ1n) is 10.1. The Bertz CT molecular complexity index is 495. The SMILES string of the molecule is C1=CCC=CC1.C1=CN=CCC1.C1=CNCC1.[CH-]=CC=[CH-].[CH-]=CCC=[CH-].[CH-]=CC[CH2-].[Y].[Y].[Y]. The zero-order chi connectivity index (χ0) is 23.0. The van der Waals surface area contributed by atoms with Gasteiger partial charge in [0.2, 0.25) is 0 Å². The van der Waals surface area contributed by atoms with Gasteiger partial charge >= 0.3 is 0 Å². The molecule has 0 saturated heterocycles. The zero-order valence-corrected chi connectivity index (χ0v) is 28.5. The third-order valence-electron chi connectivity index (χ3n) is 2.88. The zero-order valence-electron chi connectivity index (χ0n) is 20.0. The molecule has 0 fully saturated rings. The largest absolute Gasteiger partial charge is 0.520 e. The predicted octanol–water partition coefficient (Wildman–Crippen LogP) is 7.26. The minimum atomic E-state index is 0. The molecule has 0 saturated carbocycles. The molecule has 175 valence electrons. The van der Waals surface area contributed by atoms with E-state index in [0.29, 0.717) is 6.42 Å². The second-order valence-corrected chi connectivity index (χ2v) is 5.47. The summed E-state index contributed by atoms with van der Waals surface area (Å²) in [7, 11) is 0. The van der Waals surface area contributed by atoms with Crippen LogP contribution in [-0.2, 0) is 98.1 Å². The molecule has 0 aromatic carbocycles. The van der Waals surface area contributed by atoms with Crippen LogP contribution in [0.4, 0.5) is 0 Å². The van der Waals surface area contributed by atoms with E-state index in [2.05, 4.69) is 53.7 Å². The number of aliphatic imine (C=N–C) groups is 1. The minimum Gasteiger partial charge on any atom is -0.520 e. The van der Waals surface area contributed by atoms with E-state index in [1.807, 2.05) is 18.6 Å². The van der Waals surface area contributed by atoms with Gasteiger partial charge in [0.05, 0.1) is 0 Å². The summed E-state index contributed by atoms with van der Waals surface area (Å²) in [4.78, 5) is 3.87. The van der Waals surface area contributed by atoms with E-state index in [4.69, 9.17) is 32.9 Å². The van der Waals surface area contributed by atoms with Gasteiger partial charge in [0.25, 0.3) is 0 Å². The summed E-state index contributed by atoms with van der Waals surface area (Å²) in [5.74, 6) is 0. The second kappa shape index (κ2) is 53.7. The molecule has 0 aromatic heterocycles. The fourth-order valence-corrected chi connectivity index (χ4v) is 1.48. The van der Waals surface area contributed by atoms with E-state index in [9.17, 15) is 0 Å². The van der Waals surface area contributed by atoms with Crippen LogP contribution < -0.4 is 5.32 Å². The van der Waals surface area contributed by atoms with Gasteiger partial charge in [-0.2, -0.15) is 6.42 Å². The van der Waals surface area contributed by atoms with Crippen molar-refractivity contribution < 1.29 is 98.1 Å². The van der Waals surface area contributed by atoms with Crippen LogP contribution in [0.15, 0.2) is 84.2 Å². The molecule has 3 rings (SSSR count). The minimum absolute atomic E-state index is 0. The maximum atomic E-state index is 4.90. The Morgan fingerprint density at radius 3 is 1.33 bits per heavy atom. The summed E-state index contributed by atoms with van der Waals surface area (Å²) in [6, 6.07) is 0. The van der Waals surface area contributed by atoms with E-state index in [0.717, 1.165) is 32.2 Å². The van der Waals surface area contributed by atoms with E-state index in [1.165, 1.54) is 43.2 Å². The fourth-order valence-electron chi connectivity index (χ4n) is 1.48. The maximum Gasteiger partial charge on any atom is 0.0224 e. The standard InChI is InChI=1S/C6H8.C5H7N.C5H6.C4H7N.C4H6.C4H4.3Y/c2*1-2-4-6-5-3-1;1-3-5-4-2;1-2-4-5-3-1;2*1-3-4-2;;;/h1-2,5-6H,3-4H2;2,4-5H,1,3H2;1-4H,5H2;1,3,5H,2,4H2;1,3H,2,4H2;1-4H;;;/q;;-2;;2*-2;;;. The molecule has 1 N–H and O–H groups in total. The number of hydrogen-bond donors (Lipinski definition) is 1. The van der Waals surface area contributed by atoms with Gasteiger partial charge in [0.15, 0.2) is 0 Å². The van der Waals surface area contributed by atoms with Crippen LogP contribution in [0.1, 0.15) is 44.9 Å². The quantitative estimate of drug-likeness (QED) is 0.190. The van der Waals surface area contributed by atoms with Crippen LogP contribution in [0.5, 0.6) is 0 Å². The van der Waals surface area contributed by atoms with E-state index in [-0.39, 0.29) is 98.1 Å². The van der Waals surface area contributed by atoms with Crippen molar-refractivity contribution in [2.45, 2.75) is 44.9 Å². The first kappa shape index (κ1) is 46.7. The van der Waals surface area contributed by atoms with Crippen molar-refractivity contribution in [1.29, 1.82) is 0 Å². The third kappa shape index (κ3) is 65.4. The van der Waals surface area contributed by atoms with Gasteiger partial charge in [0.1, 0.15) is 0 Å². The van der Waals surface area contributed by atoms with Gasteiger partial charge < -0.3 is 63.4 Å². The van der Waals surface area contributed by atoms with E-state index < -0.39 is 0 Å². The summed E-state index contributed by atoms with van der Waals surface area (Å²) in [5.41, 5.74) is 0. The Morgan fingerprint density at radius 1 is 0.727 bits per heavy atom. The van der Waals surface area contributed by atoms with Crippen LogP contribution in [0.25, 0.3) is 0 Å². The third-order valence-corrected chi connectivity index (χ3v) is 2.88. The van der Waals surface area contributed by atoms with E-state index >= 15 is 0 Å². The van der Waals surface area contributed by atoms with Crippen LogP contribution in [-0.4, -0.2) is 12.8 Å². The van der Waals surface area contributed by atoms with Crippen molar-refractivity contribution in [1.82, 2.24) is 5.32 Å². The molecule has 2 heterocycles. The molecule has 3 aliphatic rings. The normalized spacial score (nSPS) is 12.0. The summed E-state index contributed by atoms with van der Waals surface area (Å²) in [6.07, 6.45) is 32.9. The molecule has 0 aromatic rings. The number of hydrogen-bond acceptors (Lipinski definition) is 2. The van der Waals surface area contributed by atoms with Gasteiger partial charge in [-0.3, -0.25) is 17.1 Å².